The number of fused-ring (bicyclic) bond motifs is 3. The number of nitrogens with zero attached hydrogens (tertiary/aromatic N) is 4. The van der Waals surface area contributed by atoms with Crippen LogP contribution in [-0.2, 0) is 12.8 Å². The van der Waals surface area contributed by atoms with Crippen molar-refractivity contribution in [3.05, 3.63) is 46.9 Å². The molecule has 0 spiro atoms. The molecule has 1 aliphatic heterocycles. The Bertz CT molecular complexity index is 913. The number of hydrogen-bond donors (Lipinski definition) is 0. The highest BCUT2D eigenvalue weighted by atomic mass is 32.1. The summed E-state index contributed by atoms with van der Waals surface area (Å²) in [6, 6.07) is 6.79. The summed E-state index contributed by atoms with van der Waals surface area (Å²) in [6.07, 6.45) is 5.30. The van der Waals surface area contributed by atoms with Gasteiger partial charge >= 0.3 is 0 Å². The molecule has 5 rings (SSSR count). The first-order valence-corrected chi connectivity index (χ1v) is 9.62. The first kappa shape index (κ1) is 15.1. The molecular formula is C19H19FN4S. The monoisotopic (exact) mass is 354 g/mol. The second-order valence-electron chi connectivity index (χ2n) is 6.69. The van der Waals surface area contributed by atoms with Crippen molar-refractivity contribution in [2.75, 3.05) is 36.0 Å². The van der Waals surface area contributed by atoms with Gasteiger partial charge in [-0.05, 0) is 49.1 Å². The van der Waals surface area contributed by atoms with Crippen molar-refractivity contribution in [1.82, 2.24) is 9.97 Å². The van der Waals surface area contributed by atoms with Gasteiger partial charge in [-0.15, -0.1) is 11.3 Å². The first-order chi connectivity index (χ1) is 12.3. The summed E-state index contributed by atoms with van der Waals surface area (Å²) in [5, 5.41) is 1.29. The minimum Gasteiger partial charge on any atom is -0.368 e. The average Bonchev–Trinajstić information content (AvgIpc) is 3.23. The lowest BCUT2D eigenvalue weighted by atomic mass is 10.1. The van der Waals surface area contributed by atoms with Gasteiger partial charge in [-0.1, -0.05) is 0 Å². The third-order valence-corrected chi connectivity index (χ3v) is 6.45. The van der Waals surface area contributed by atoms with Crippen LogP contribution in [0.3, 0.4) is 0 Å². The third-order valence-electron chi connectivity index (χ3n) is 5.25. The highest BCUT2D eigenvalue weighted by Crippen LogP contribution is 2.40. The molecule has 1 saturated heterocycles. The Morgan fingerprint density at radius 3 is 2.48 bits per heavy atom. The lowest BCUT2D eigenvalue weighted by Crippen LogP contribution is -2.47. The SMILES string of the molecule is Fc1ccc(N2CCN(c3ncnc4sc5c(c34)CCC5)CC2)cc1. The normalized spacial score (nSPS) is 17.3. The minimum absolute atomic E-state index is 0.183. The van der Waals surface area contributed by atoms with Crippen molar-refractivity contribution in [3.63, 3.8) is 0 Å². The fourth-order valence-electron chi connectivity index (χ4n) is 3.98. The summed E-state index contributed by atoms with van der Waals surface area (Å²) in [5.41, 5.74) is 2.57. The van der Waals surface area contributed by atoms with Gasteiger partial charge in [-0.2, -0.15) is 0 Å². The van der Waals surface area contributed by atoms with Crippen LogP contribution in [0.15, 0.2) is 30.6 Å². The van der Waals surface area contributed by atoms with Crippen molar-refractivity contribution in [2.24, 2.45) is 0 Å². The largest absolute Gasteiger partial charge is 0.368 e. The molecule has 1 aromatic carbocycles. The number of hydrogen-bond acceptors (Lipinski definition) is 5. The molecule has 2 aliphatic rings. The second kappa shape index (κ2) is 5.95. The van der Waals surface area contributed by atoms with Crippen molar-refractivity contribution in [3.8, 4) is 0 Å². The van der Waals surface area contributed by atoms with E-state index in [0.717, 1.165) is 48.9 Å². The molecule has 1 aliphatic carbocycles. The molecule has 1 fully saturated rings. The number of benzene rings is 1. The van der Waals surface area contributed by atoms with Crippen molar-refractivity contribution in [2.45, 2.75) is 19.3 Å². The summed E-state index contributed by atoms with van der Waals surface area (Å²) < 4.78 is 13.1. The molecule has 0 radical (unpaired) electrons. The van der Waals surface area contributed by atoms with Gasteiger partial charge in [0.15, 0.2) is 0 Å². The molecule has 128 valence electrons. The summed E-state index contributed by atoms with van der Waals surface area (Å²) in [4.78, 5) is 16.5. The molecule has 0 unspecified atom stereocenters. The molecular weight excluding hydrogens is 335 g/mol. The molecule has 0 saturated carbocycles. The Labute approximate surface area is 149 Å². The number of rotatable bonds is 2. The predicted molar refractivity (Wildman–Crippen MR) is 100 cm³/mol. The molecule has 0 bridgehead atoms. The molecule has 3 aromatic rings. The van der Waals surface area contributed by atoms with Crippen LogP contribution in [0.5, 0.6) is 0 Å². The summed E-state index contributed by atoms with van der Waals surface area (Å²) in [6.45, 7) is 3.69. The molecule has 2 aromatic heterocycles. The number of thiophene rings is 1. The maximum absolute atomic E-state index is 13.1. The van der Waals surface area contributed by atoms with E-state index in [2.05, 4.69) is 19.8 Å². The van der Waals surface area contributed by atoms with E-state index < -0.39 is 0 Å². The highest BCUT2D eigenvalue weighted by molar-refractivity contribution is 7.19. The zero-order chi connectivity index (χ0) is 16.8. The van der Waals surface area contributed by atoms with Crippen molar-refractivity contribution < 1.29 is 4.39 Å². The van der Waals surface area contributed by atoms with E-state index in [0.29, 0.717) is 0 Å². The van der Waals surface area contributed by atoms with Gasteiger partial charge in [-0.3, -0.25) is 0 Å². The number of anilines is 2. The van der Waals surface area contributed by atoms with Gasteiger partial charge in [-0.25, -0.2) is 14.4 Å². The quantitative estimate of drug-likeness (QED) is 0.703. The Morgan fingerprint density at radius 1 is 0.920 bits per heavy atom. The van der Waals surface area contributed by atoms with Gasteiger partial charge in [0.2, 0.25) is 0 Å². The summed E-state index contributed by atoms with van der Waals surface area (Å²) >= 11 is 1.84. The van der Waals surface area contributed by atoms with Gasteiger partial charge in [0.1, 0.15) is 22.8 Å². The molecule has 4 nitrogen and oxygen atoms in total. The molecule has 3 heterocycles. The second-order valence-corrected chi connectivity index (χ2v) is 7.77. The maximum atomic E-state index is 13.1. The van der Waals surface area contributed by atoms with E-state index in [9.17, 15) is 4.39 Å². The van der Waals surface area contributed by atoms with E-state index in [1.165, 1.54) is 40.8 Å². The molecule has 0 atom stereocenters. The predicted octanol–water partition coefficient (Wildman–Crippen LogP) is 3.65. The lowest BCUT2D eigenvalue weighted by Gasteiger charge is -2.37. The van der Waals surface area contributed by atoms with E-state index in [4.69, 9.17) is 0 Å². The topological polar surface area (TPSA) is 32.3 Å². The van der Waals surface area contributed by atoms with Gasteiger partial charge in [0.25, 0.3) is 0 Å². The highest BCUT2D eigenvalue weighted by Gasteiger charge is 2.25. The van der Waals surface area contributed by atoms with Gasteiger partial charge in [0.05, 0.1) is 5.39 Å². The molecule has 0 N–H and O–H groups in total. The standard InChI is InChI=1S/C19H19FN4S/c20-13-4-6-14(7-5-13)23-8-10-24(11-9-23)18-17-15-2-1-3-16(15)25-19(17)22-12-21-18/h4-7,12H,1-3,8-11H2. The van der Waals surface area contributed by atoms with Crippen molar-refractivity contribution >= 4 is 33.1 Å². The maximum Gasteiger partial charge on any atom is 0.141 e. The van der Waals surface area contributed by atoms with E-state index in [-0.39, 0.29) is 5.82 Å². The van der Waals surface area contributed by atoms with Gasteiger partial charge < -0.3 is 9.80 Å². The fourth-order valence-corrected chi connectivity index (χ4v) is 5.20. The third kappa shape index (κ3) is 2.56. The van der Waals surface area contributed by atoms with E-state index in [1.807, 2.05) is 23.5 Å². The van der Waals surface area contributed by atoms with Crippen LogP contribution >= 0.6 is 11.3 Å². The van der Waals surface area contributed by atoms with Crippen LogP contribution in [-0.4, -0.2) is 36.1 Å². The number of aryl methyl sites for hydroxylation is 2. The Kier molecular flexibility index (Phi) is 3.59. The average molecular weight is 354 g/mol. The fraction of sp³-hybridized carbons (Fsp3) is 0.368. The lowest BCUT2D eigenvalue weighted by molar-refractivity contribution is 0.624. The molecule has 25 heavy (non-hydrogen) atoms. The number of piperazine rings is 1. The summed E-state index contributed by atoms with van der Waals surface area (Å²) in [7, 11) is 0. The zero-order valence-electron chi connectivity index (χ0n) is 13.9. The van der Waals surface area contributed by atoms with Crippen LogP contribution in [0.4, 0.5) is 15.9 Å². The number of halogens is 1. The Balaban J connectivity index is 1.41. The van der Waals surface area contributed by atoms with E-state index in [1.54, 1.807) is 6.33 Å². The van der Waals surface area contributed by atoms with Crippen LogP contribution in [0.25, 0.3) is 10.2 Å². The van der Waals surface area contributed by atoms with Crippen LogP contribution in [0, 0.1) is 5.82 Å². The summed E-state index contributed by atoms with van der Waals surface area (Å²) in [5.74, 6) is 0.917. The Morgan fingerprint density at radius 2 is 1.68 bits per heavy atom. The molecule has 6 heteroatoms. The zero-order valence-corrected chi connectivity index (χ0v) is 14.7. The van der Waals surface area contributed by atoms with Crippen LogP contribution < -0.4 is 9.80 Å². The van der Waals surface area contributed by atoms with Crippen molar-refractivity contribution in [1.29, 1.82) is 0 Å². The first-order valence-electron chi connectivity index (χ1n) is 8.80. The van der Waals surface area contributed by atoms with Gasteiger partial charge in [0, 0.05) is 36.7 Å². The van der Waals surface area contributed by atoms with Crippen LogP contribution in [0.2, 0.25) is 0 Å². The minimum atomic E-state index is -0.183. The molecule has 0 amide bonds. The van der Waals surface area contributed by atoms with E-state index >= 15 is 0 Å². The number of aromatic nitrogens is 2. The Hall–Kier alpha value is -2.21. The van der Waals surface area contributed by atoms with Crippen LogP contribution in [0.1, 0.15) is 16.9 Å². The smallest absolute Gasteiger partial charge is 0.141 e.